The molecule has 0 aliphatic heterocycles. The normalized spacial score (nSPS) is 10.4. The van der Waals surface area contributed by atoms with Crippen LogP contribution in [0.25, 0.3) is 0 Å². The number of aromatic nitrogens is 2. The van der Waals surface area contributed by atoms with E-state index in [1.54, 1.807) is 6.92 Å². The Morgan fingerprint density at radius 1 is 1.18 bits per heavy atom. The Balaban J connectivity index is 0.00000392. The summed E-state index contributed by atoms with van der Waals surface area (Å²) in [5.41, 5.74) is 0.197. The van der Waals surface area contributed by atoms with Crippen LogP contribution in [0.15, 0.2) is 35.1 Å². The lowest BCUT2D eigenvalue weighted by Gasteiger charge is -2.11. The van der Waals surface area contributed by atoms with Crippen LogP contribution in [0.2, 0.25) is 0 Å². The van der Waals surface area contributed by atoms with E-state index in [1.165, 1.54) is 0 Å². The van der Waals surface area contributed by atoms with E-state index < -0.39 is 11.5 Å². The fourth-order valence-electron chi connectivity index (χ4n) is 2.17. The fraction of sp³-hybridized carbons (Fsp3) is 0.421. The van der Waals surface area contributed by atoms with E-state index in [0.717, 1.165) is 11.3 Å². The average Bonchev–Trinajstić information content (AvgIpc) is 2.65. The number of carbonyl (C=O) groups excluding carboxylic acids is 1. The molecule has 2 aromatic rings. The Morgan fingerprint density at radius 2 is 1.89 bits per heavy atom. The minimum atomic E-state index is -0.698. The first-order chi connectivity index (χ1) is 13.0. The summed E-state index contributed by atoms with van der Waals surface area (Å²) in [7, 11) is 0.272. The van der Waals surface area contributed by atoms with Crippen LogP contribution in [-0.2, 0) is 33.6 Å². The quantitative estimate of drug-likeness (QED) is 0.186. The lowest BCUT2D eigenvalue weighted by molar-refractivity contribution is -0.0000254. The van der Waals surface area contributed by atoms with Crippen LogP contribution >= 0.6 is 0 Å². The van der Waals surface area contributed by atoms with Gasteiger partial charge in [0.25, 0.3) is 5.56 Å². The molecule has 7 nitrogen and oxygen atoms in total. The number of hydrogen-bond donors (Lipinski definition) is 1. The predicted octanol–water partition coefficient (Wildman–Crippen LogP) is -1.08. The van der Waals surface area contributed by atoms with E-state index in [1.807, 2.05) is 30.3 Å². The summed E-state index contributed by atoms with van der Waals surface area (Å²) in [5.74, 6) is 0.344. The number of hydrogen-bond acceptors (Lipinski definition) is 6. The molecule has 0 saturated heterocycles. The first-order valence-electron chi connectivity index (χ1n) is 8.60. The van der Waals surface area contributed by atoms with Crippen molar-refractivity contribution >= 4 is 16.9 Å². The highest BCUT2D eigenvalue weighted by Gasteiger charge is 2.21. The minimum absolute atomic E-state index is 0. The number of H-pyrrole nitrogens is 1. The Bertz CT molecular complexity index is 799. The van der Waals surface area contributed by atoms with Gasteiger partial charge in [-0.05, 0) is 23.4 Å². The summed E-state index contributed by atoms with van der Waals surface area (Å²) in [4.78, 5) is 31.5. The molecule has 0 fully saturated rings. The van der Waals surface area contributed by atoms with Crippen LogP contribution in [0.1, 0.15) is 28.8 Å². The third kappa shape index (κ3) is 7.80. The van der Waals surface area contributed by atoms with Crippen molar-refractivity contribution in [3.63, 3.8) is 0 Å². The molecule has 2 rings (SSSR count). The molecule has 0 amide bonds. The smallest absolute Gasteiger partial charge is 0.361 e. The monoisotopic (exact) mass is 520 g/mol. The number of benzene rings is 1. The van der Waals surface area contributed by atoms with Gasteiger partial charge in [0.05, 0.1) is 25.7 Å². The molecular formula is C19H25IN2O5S. The molecule has 0 saturated carbocycles. The van der Waals surface area contributed by atoms with Crippen molar-refractivity contribution in [3.8, 4) is 5.75 Å². The summed E-state index contributed by atoms with van der Waals surface area (Å²) < 4.78 is 16.1. The molecule has 0 bridgehead atoms. The molecule has 0 atom stereocenters. The van der Waals surface area contributed by atoms with E-state index >= 15 is 0 Å². The number of rotatable bonds is 10. The number of halogens is 1. The van der Waals surface area contributed by atoms with Gasteiger partial charge >= 0.3 is 5.97 Å². The fourth-order valence-corrected chi connectivity index (χ4v) is 2.62. The first-order valence-corrected chi connectivity index (χ1v) is 10.8. The molecule has 0 radical (unpaired) electrons. The zero-order chi connectivity index (χ0) is 19.6. The Kier molecular flexibility index (Phi) is 11.2. The van der Waals surface area contributed by atoms with Crippen LogP contribution in [0.4, 0.5) is 0 Å². The van der Waals surface area contributed by atoms with Crippen LogP contribution in [0.3, 0.4) is 0 Å². The maximum absolute atomic E-state index is 12.4. The standard InChI is InChI=1S/C19H24N2O5S.HI/c1-4-25-19(23)16-17(26-12-14-8-6-5-7-9-14)18(22)21-15(20-16)13-24-10-11-27(2)3;/h5-9H,4,10-13H2,1-3H3;1H. The van der Waals surface area contributed by atoms with E-state index in [-0.39, 0.29) is 72.0 Å². The van der Waals surface area contributed by atoms with E-state index in [9.17, 15) is 9.59 Å². The van der Waals surface area contributed by atoms with Gasteiger partial charge in [-0.3, -0.25) is 4.79 Å². The number of carbonyl (C=O) groups is 1. The van der Waals surface area contributed by atoms with Gasteiger partial charge in [0.2, 0.25) is 5.75 Å². The molecule has 0 aliphatic rings. The van der Waals surface area contributed by atoms with Crippen LogP contribution in [0, 0.1) is 0 Å². The number of nitrogens with one attached hydrogen (secondary N) is 1. The molecule has 1 aromatic carbocycles. The lowest BCUT2D eigenvalue weighted by Crippen LogP contribution is -3.00. The third-order valence-corrected chi connectivity index (χ3v) is 4.48. The van der Waals surface area contributed by atoms with Gasteiger partial charge in [-0.15, -0.1) is 0 Å². The number of nitrogens with zero attached hydrogens (tertiary/aromatic N) is 1. The van der Waals surface area contributed by atoms with Crippen molar-refractivity contribution < 1.29 is 43.0 Å². The molecule has 1 aromatic heterocycles. The Hall–Kier alpha value is -1.59. The highest BCUT2D eigenvalue weighted by atomic mass is 127. The summed E-state index contributed by atoms with van der Waals surface area (Å²) in [6.45, 7) is 2.67. The van der Waals surface area contributed by atoms with Gasteiger partial charge in [-0.25, -0.2) is 9.78 Å². The van der Waals surface area contributed by atoms with Crippen LogP contribution in [-0.4, -0.2) is 47.4 Å². The third-order valence-electron chi connectivity index (χ3n) is 3.50. The van der Waals surface area contributed by atoms with Crippen molar-refractivity contribution in [1.82, 2.24) is 9.97 Å². The van der Waals surface area contributed by atoms with Crippen molar-refractivity contribution in [2.75, 3.05) is 31.5 Å². The highest BCUT2D eigenvalue weighted by molar-refractivity contribution is 7.95. The summed E-state index contributed by atoms with van der Waals surface area (Å²) in [6.07, 6.45) is 4.25. The second-order valence-electron chi connectivity index (χ2n) is 5.93. The summed E-state index contributed by atoms with van der Waals surface area (Å²) in [5, 5.41) is 0. The van der Waals surface area contributed by atoms with Crippen molar-refractivity contribution in [2.24, 2.45) is 0 Å². The summed E-state index contributed by atoms with van der Waals surface area (Å²) >= 11 is 0. The first kappa shape index (κ1) is 24.4. The highest BCUT2D eigenvalue weighted by Crippen LogP contribution is 2.14. The predicted molar refractivity (Wildman–Crippen MR) is 105 cm³/mol. The number of aromatic amines is 1. The number of esters is 1. The van der Waals surface area contributed by atoms with Gasteiger partial charge < -0.3 is 43.2 Å². The zero-order valence-corrected chi connectivity index (χ0v) is 19.2. The lowest BCUT2D eigenvalue weighted by atomic mass is 10.2. The molecule has 9 heteroatoms. The van der Waals surface area contributed by atoms with Gasteiger partial charge in [0, 0.05) is 0 Å². The van der Waals surface area contributed by atoms with E-state index in [2.05, 4.69) is 22.5 Å². The molecule has 28 heavy (non-hydrogen) atoms. The van der Waals surface area contributed by atoms with Crippen molar-refractivity contribution in [3.05, 3.63) is 57.8 Å². The topological polar surface area (TPSA) is 90.5 Å². The largest absolute Gasteiger partial charge is 1.00 e. The Labute approximate surface area is 184 Å². The van der Waals surface area contributed by atoms with Gasteiger partial charge in [-0.2, -0.15) is 0 Å². The number of ether oxygens (including phenoxy) is 3. The second kappa shape index (κ2) is 12.8. The van der Waals surface area contributed by atoms with E-state index in [0.29, 0.717) is 6.61 Å². The maximum Gasteiger partial charge on any atom is 0.361 e. The summed E-state index contributed by atoms with van der Waals surface area (Å²) in [6, 6.07) is 9.35. The SMILES string of the molecule is CCOC(=O)c1nc(COCC[S+](C)C)[nH]c(=O)c1OCc1ccccc1.[I-]. The molecule has 1 heterocycles. The average molecular weight is 520 g/mol. The van der Waals surface area contributed by atoms with Crippen molar-refractivity contribution in [1.29, 1.82) is 0 Å². The van der Waals surface area contributed by atoms with Crippen LogP contribution < -0.4 is 34.3 Å². The minimum Gasteiger partial charge on any atom is -1.00 e. The molecule has 1 N–H and O–H groups in total. The maximum atomic E-state index is 12.4. The molecule has 0 aliphatic carbocycles. The Morgan fingerprint density at radius 3 is 2.54 bits per heavy atom. The molecule has 0 unspecified atom stereocenters. The van der Waals surface area contributed by atoms with E-state index in [4.69, 9.17) is 14.2 Å². The van der Waals surface area contributed by atoms with Crippen molar-refractivity contribution in [2.45, 2.75) is 20.1 Å². The molecular weight excluding hydrogens is 495 g/mol. The van der Waals surface area contributed by atoms with Gasteiger partial charge in [0.15, 0.2) is 5.69 Å². The molecule has 0 spiro atoms. The zero-order valence-electron chi connectivity index (χ0n) is 16.2. The van der Waals surface area contributed by atoms with Crippen LogP contribution in [0.5, 0.6) is 5.75 Å². The van der Waals surface area contributed by atoms with Gasteiger partial charge in [0.1, 0.15) is 24.8 Å². The second-order valence-corrected chi connectivity index (χ2v) is 8.31. The van der Waals surface area contributed by atoms with Gasteiger partial charge in [-0.1, -0.05) is 30.3 Å². The molecule has 154 valence electrons.